The van der Waals surface area contributed by atoms with Crippen LogP contribution in [0.4, 0.5) is 0 Å². The van der Waals surface area contributed by atoms with Crippen molar-refractivity contribution in [3.8, 4) is 0 Å². The molecule has 1 aromatic carbocycles. The lowest BCUT2D eigenvalue weighted by Gasteiger charge is -2.32. The van der Waals surface area contributed by atoms with Crippen molar-refractivity contribution in [1.29, 1.82) is 0 Å². The summed E-state index contributed by atoms with van der Waals surface area (Å²) in [6.07, 6.45) is 1.84. The van der Waals surface area contributed by atoms with Gasteiger partial charge in [0.1, 0.15) is 11.9 Å². The number of benzene rings is 1. The quantitative estimate of drug-likeness (QED) is 0.736. The summed E-state index contributed by atoms with van der Waals surface area (Å²) in [5.41, 5.74) is 4.32. The molecular formula is C20H22N4O. The number of hydrogen-bond acceptors (Lipinski definition) is 5. The van der Waals surface area contributed by atoms with Crippen LogP contribution in [-0.4, -0.2) is 39.5 Å². The summed E-state index contributed by atoms with van der Waals surface area (Å²) in [7, 11) is 0. The minimum atomic E-state index is 0.0104. The standard InChI is InChI=1S/C20H22N4O/c1-14-10-19(23-15(2)22-14)20-13-24(8-9-25-20)12-16-5-6-18-17(11-16)4-3-7-21-18/h3-7,10-11,20H,8-9,12-13H2,1-2H3. The Morgan fingerprint density at radius 2 is 2.08 bits per heavy atom. The third-order valence-electron chi connectivity index (χ3n) is 4.54. The van der Waals surface area contributed by atoms with Gasteiger partial charge in [0.05, 0.1) is 17.8 Å². The first kappa shape index (κ1) is 16.1. The van der Waals surface area contributed by atoms with Crippen LogP contribution in [0.1, 0.15) is 28.9 Å². The third-order valence-corrected chi connectivity index (χ3v) is 4.54. The van der Waals surface area contributed by atoms with Crippen LogP contribution < -0.4 is 0 Å². The molecule has 0 spiro atoms. The molecule has 0 N–H and O–H groups in total. The fraction of sp³-hybridized carbons (Fsp3) is 0.350. The van der Waals surface area contributed by atoms with E-state index >= 15 is 0 Å². The highest BCUT2D eigenvalue weighted by Gasteiger charge is 2.23. The van der Waals surface area contributed by atoms with Crippen LogP contribution in [-0.2, 0) is 11.3 Å². The third kappa shape index (κ3) is 3.67. The van der Waals surface area contributed by atoms with E-state index in [0.29, 0.717) is 0 Å². The fourth-order valence-corrected chi connectivity index (χ4v) is 3.42. The molecule has 5 nitrogen and oxygen atoms in total. The summed E-state index contributed by atoms with van der Waals surface area (Å²) in [6, 6.07) is 12.6. The van der Waals surface area contributed by atoms with E-state index in [4.69, 9.17) is 4.74 Å². The van der Waals surface area contributed by atoms with Gasteiger partial charge in [-0.2, -0.15) is 0 Å². The van der Waals surface area contributed by atoms with Gasteiger partial charge in [0.15, 0.2) is 0 Å². The number of ether oxygens (including phenoxy) is 1. The molecule has 0 bridgehead atoms. The molecule has 1 aliphatic rings. The van der Waals surface area contributed by atoms with Gasteiger partial charge in [-0.05, 0) is 43.7 Å². The molecule has 3 aromatic rings. The van der Waals surface area contributed by atoms with Crippen LogP contribution in [0.3, 0.4) is 0 Å². The van der Waals surface area contributed by atoms with Gasteiger partial charge in [-0.15, -0.1) is 0 Å². The number of rotatable bonds is 3. The van der Waals surface area contributed by atoms with Crippen LogP contribution in [0, 0.1) is 13.8 Å². The topological polar surface area (TPSA) is 51.1 Å². The van der Waals surface area contributed by atoms with Crippen molar-refractivity contribution in [3.63, 3.8) is 0 Å². The largest absolute Gasteiger partial charge is 0.369 e. The summed E-state index contributed by atoms with van der Waals surface area (Å²) in [6.45, 7) is 7.35. The number of nitrogens with zero attached hydrogens (tertiary/aromatic N) is 4. The lowest BCUT2D eigenvalue weighted by molar-refractivity contribution is -0.0351. The van der Waals surface area contributed by atoms with E-state index in [1.54, 1.807) is 0 Å². The van der Waals surface area contributed by atoms with Crippen LogP contribution in [0.25, 0.3) is 10.9 Å². The zero-order valence-electron chi connectivity index (χ0n) is 14.6. The highest BCUT2D eigenvalue weighted by molar-refractivity contribution is 5.78. The maximum Gasteiger partial charge on any atom is 0.125 e. The van der Waals surface area contributed by atoms with E-state index < -0.39 is 0 Å². The van der Waals surface area contributed by atoms with E-state index in [-0.39, 0.29) is 6.10 Å². The van der Waals surface area contributed by atoms with Gasteiger partial charge < -0.3 is 4.74 Å². The SMILES string of the molecule is Cc1cc(C2CN(Cc3ccc4ncccc4c3)CCO2)nc(C)n1. The van der Waals surface area contributed by atoms with Crippen LogP contribution >= 0.6 is 0 Å². The Hall–Kier alpha value is -2.37. The first-order chi connectivity index (χ1) is 12.2. The summed E-state index contributed by atoms with van der Waals surface area (Å²) in [5.74, 6) is 0.803. The summed E-state index contributed by atoms with van der Waals surface area (Å²) in [4.78, 5) is 15.7. The first-order valence-corrected chi connectivity index (χ1v) is 8.67. The highest BCUT2D eigenvalue weighted by Crippen LogP contribution is 2.23. The zero-order chi connectivity index (χ0) is 17.2. The lowest BCUT2D eigenvalue weighted by atomic mass is 10.1. The van der Waals surface area contributed by atoms with Crippen molar-refractivity contribution < 1.29 is 4.74 Å². The van der Waals surface area contributed by atoms with E-state index in [2.05, 4.69) is 44.1 Å². The van der Waals surface area contributed by atoms with Crippen molar-refractivity contribution in [3.05, 3.63) is 65.4 Å². The number of pyridine rings is 1. The molecule has 4 rings (SSSR count). The molecule has 1 unspecified atom stereocenters. The second-order valence-electron chi connectivity index (χ2n) is 6.61. The van der Waals surface area contributed by atoms with Crippen molar-refractivity contribution in [2.45, 2.75) is 26.5 Å². The molecule has 1 aliphatic heterocycles. The van der Waals surface area contributed by atoms with E-state index in [1.165, 1.54) is 10.9 Å². The van der Waals surface area contributed by atoms with Crippen LogP contribution in [0.5, 0.6) is 0 Å². The molecule has 0 aliphatic carbocycles. The van der Waals surface area contributed by atoms with Gasteiger partial charge >= 0.3 is 0 Å². The predicted octanol–water partition coefficient (Wildman–Crippen LogP) is 3.22. The Morgan fingerprint density at radius 1 is 1.16 bits per heavy atom. The number of morpholine rings is 1. The lowest BCUT2D eigenvalue weighted by Crippen LogP contribution is -2.38. The zero-order valence-corrected chi connectivity index (χ0v) is 14.6. The molecule has 5 heteroatoms. The van der Waals surface area contributed by atoms with Crippen LogP contribution in [0.2, 0.25) is 0 Å². The molecule has 0 amide bonds. The molecule has 1 fully saturated rings. The average molecular weight is 334 g/mol. The van der Waals surface area contributed by atoms with Gasteiger partial charge in [0, 0.05) is 36.9 Å². The molecular weight excluding hydrogens is 312 g/mol. The molecule has 1 atom stereocenters. The van der Waals surface area contributed by atoms with Gasteiger partial charge in [-0.3, -0.25) is 9.88 Å². The fourth-order valence-electron chi connectivity index (χ4n) is 3.42. The molecule has 1 saturated heterocycles. The summed E-state index contributed by atoms with van der Waals surface area (Å²) in [5, 5.41) is 1.19. The first-order valence-electron chi connectivity index (χ1n) is 8.67. The Kier molecular flexibility index (Phi) is 4.42. The van der Waals surface area contributed by atoms with Crippen molar-refractivity contribution in [2.75, 3.05) is 19.7 Å². The van der Waals surface area contributed by atoms with E-state index in [9.17, 15) is 0 Å². The second-order valence-corrected chi connectivity index (χ2v) is 6.61. The number of aromatic nitrogens is 3. The van der Waals surface area contributed by atoms with Crippen molar-refractivity contribution >= 4 is 10.9 Å². The maximum atomic E-state index is 5.97. The van der Waals surface area contributed by atoms with Gasteiger partial charge in [0.2, 0.25) is 0 Å². The monoisotopic (exact) mass is 334 g/mol. The van der Waals surface area contributed by atoms with Crippen molar-refractivity contribution in [1.82, 2.24) is 19.9 Å². The average Bonchev–Trinajstić information content (AvgIpc) is 2.61. The molecule has 3 heterocycles. The summed E-state index contributed by atoms with van der Waals surface area (Å²) >= 11 is 0. The van der Waals surface area contributed by atoms with Gasteiger partial charge in [-0.1, -0.05) is 12.1 Å². The summed E-state index contributed by atoms with van der Waals surface area (Å²) < 4.78 is 5.97. The van der Waals surface area contributed by atoms with E-state index in [1.807, 2.05) is 32.2 Å². The molecule has 0 saturated carbocycles. The Labute approximate surface area is 147 Å². The minimum Gasteiger partial charge on any atom is -0.369 e. The van der Waals surface area contributed by atoms with Gasteiger partial charge in [0.25, 0.3) is 0 Å². The highest BCUT2D eigenvalue weighted by atomic mass is 16.5. The number of aryl methyl sites for hydroxylation is 2. The minimum absolute atomic E-state index is 0.0104. The predicted molar refractivity (Wildman–Crippen MR) is 97.2 cm³/mol. The Bertz CT molecular complexity index is 876. The Morgan fingerprint density at radius 3 is 2.96 bits per heavy atom. The Balaban J connectivity index is 1.50. The molecule has 0 radical (unpaired) electrons. The van der Waals surface area contributed by atoms with Crippen LogP contribution in [0.15, 0.2) is 42.6 Å². The molecule has 128 valence electrons. The van der Waals surface area contributed by atoms with E-state index in [0.717, 1.165) is 49.0 Å². The number of fused-ring (bicyclic) bond motifs is 1. The second kappa shape index (κ2) is 6.86. The number of hydrogen-bond donors (Lipinski definition) is 0. The van der Waals surface area contributed by atoms with Gasteiger partial charge in [-0.25, -0.2) is 9.97 Å². The normalized spacial score (nSPS) is 18.6. The smallest absolute Gasteiger partial charge is 0.125 e. The molecule has 2 aromatic heterocycles. The van der Waals surface area contributed by atoms with Crippen molar-refractivity contribution in [2.24, 2.45) is 0 Å². The molecule has 25 heavy (non-hydrogen) atoms. The maximum absolute atomic E-state index is 5.97.